The van der Waals surface area contributed by atoms with Crippen molar-refractivity contribution in [2.24, 2.45) is 0 Å². The number of ether oxygens (including phenoxy) is 2. The second kappa shape index (κ2) is 10.3. The van der Waals surface area contributed by atoms with E-state index in [4.69, 9.17) is 4.74 Å². The van der Waals surface area contributed by atoms with Gasteiger partial charge >= 0.3 is 12.6 Å². The van der Waals surface area contributed by atoms with Gasteiger partial charge in [-0.1, -0.05) is 6.07 Å². The molecule has 11 heteroatoms. The first-order valence-corrected chi connectivity index (χ1v) is 9.04. The molecule has 0 radical (unpaired) electrons. The number of hydrogen-bond acceptors (Lipinski definition) is 6. The van der Waals surface area contributed by atoms with Crippen LogP contribution in [0.5, 0.6) is 5.75 Å². The van der Waals surface area contributed by atoms with Crippen LogP contribution < -0.4 is 15.4 Å². The van der Waals surface area contributed by atoms with E-state index < -0.39 is 37.0 Å². The lowest BCUT2D eigenvalue weighted by atomic mass is 10.2. The van der Waals surface area contributed by atoms with Crippen LogP contribution in [0.3, 0.4) is 0 Å². The number of benzene rings is 1. The Balaban J connectivity index is 1.84. The molecule has 0 aliphatic carbocycles. The normalized spacial score (nSPS) is 11.8. The molecule has 2 N–H and O–H groups in total. The minimum Gasteiger partial charge on any atom is -0.451 e. The fraction of sp³-hybridized carbons (Fsp3) is 0.368. The number of alkyl halides is 2. The van der Waals surface area contributed by atoms with Gasteiger partial charge in [0.25, 0.3) is 11.8 Å². The maximum Gasteiger partial charge on any atom is 0.387 e. The number of nitrogens with one attached hydrogen (secondary N) is 2. The van der Waals surface area contributed by atoms with Crippen molar-refractivity contribution in [2.45, 2.75) is 39.5 Å². The second-order valence-electron chi connectivity index (χ2n) is 6.47. The maximum absolute atomic E-state index is 12.3. The molecule has 2 aromatic rings. The zero-order valence-electron chi connectivity index (χ0n) is 16.6. The maximum atomic E-state index is 12.3. The van der Waals surface area contributed by atoms with Gasteiger partial charge in [0.15, 0.2) is 6.10 Å². The summed E-state index contributed by atoms with van der Waals surface area (Å²) in [5.41, 5.74) is 0.0219. The van der Waals surface area contributed by atoms with Crippen molar-refractivity contribution in [3.8, 4) is 5.75 Å². The van der Waals surface area contributed by atoms with Crippen molar-refractivity contribution in [1.29, 1.82) is 0 Å². The van der Waals surface area contributed by atoms with Crippen LogP contribution in [0.2, 0.25) is 0 Å². The predicted octanol–water partition coefficient (Wildman–Crippen LogP) is 2.37. The van der Waals surface area contributed by atoms with Gasteiger partial charge in [-0.05, 0) is 39.0 Å². The molecule has 30 heavy (non-hydrogen) atoms. The molecular weight excluding hydrogens is 402 g/mol. The van der Waals surface area contributed by atoms with Crippen molar-refractivity contribution < 1.29 is 32.6 Å². The first-order chi connectivity index (χ1) is 14.2. The summed E-state index contributed by atoms with van der Waals surface area (Å²) >= 11 is 0. The highest BCUT2D eigenvalue weighted by molar-refractivity contribution is 5.97. The number of rotatable bonds is 9. The average Bonchev–Trinajstić information content (AvgIpc) is 3.14. The van der Waals surface area contributed by atoms with Gasteiger partial charge in [0.2, 0.25) is 0 Å². The SMILES string of the molecule is CC(OC(=O)CNC(=O)c1cccc(OC(F)F)c1)C(=O)Nc1ccnn1C(C)C. The Morgan fingerprint density at radius 3 is 2.57 bits per heavy atom. The zero-order chi connectivity index (χ0) is 22.3. The van der Waals surface area contributed by atoms with E-state index >= 15 is 0 Å². The van der Waals surface area contributed by atoms with Crippen LogP contribution in [0.4, 0.5) is 14.6 Å². The number of hydrogen-bond donors (Lipinski definition) is 2. The number of carbonyl (C=O) groups is 3. The van der Waals surface area contributed by atoms with E-state index in [1.54, 1.807) is 10.7 Å². The number of carbonyl (C=O) groups excluding carboxylic acids is 3. The van der Waals surface area contributed by atoms with E-state index in [0.717, 1.165) is 6.07 Å². The molecule has 1 aromatic heterocycles. The molecule has 2 rings (SSSR count). The molecule has 0 aliphatic heterocycles. The summed E-state index contributed by atoms with van der Waals surface area (Å²) in [6.07, 6.45) is 0.413. The van der Waals surface area contributed by atoms with Crippen molar-refractivity contribution in [1.82, 2.24) is 15.1 Å². The number of amides is 2. The summed E-state index contributed by atoms with van der Waals surface area (Å²) < 4.78 is 35.3. The number of nitrogens with zero attached hydrogens (tertiary/aromatic N) is 2. The molecule has 1 atom stereocenters. The monoisotopic (exact) mass is 424 g/mol. The van der Waals surface area contributed by atoms with Crippen molar-refractivity contribution in [3.63, 3.8) is 0 Å². The quantitative estimate of drug-likeness (QED) is 0.598. The van der Waals surface area contributed by atoms with Crippen LogP contribution >= 0.6 is 0 Å². The van der Waals surface area contributed by atoms with Gasteiger partial charge in [-0.3, -0.25) is 14.4 Å². The van der Waals surface area contributed by atoms with Crippen molar-refractivity contribution in [3.05, 3.63) is 42.1 Å². The van der Waals surface area contributed by atoms with E-state index in [-0.39, 0.29) is 17.4 Å². The molecule has 1 aromatic carbocycles. The topological polar surface area (TPSA) is 112 Å². The molecule has 2 amide bonds. The second-order valence-corrected chi connectivity index (χ2v) is 6.47. The standard InChI is InChI=1S/C19H22F2N4O5/c1-11(2)25-15(7-8-23-25)24-17(27)12(3)29-16(26)10-22-18(28)13-5-4-6-14(9-13)30-19(20)21/h4-9,11-12,19H,10H2,1-3H3,(H,22,28)(H,24,27). The van der Waals surface area contributed by atoms with Gasteiger partial charge in [0, 0.05) is 17.7 Å². The van der Waals surface area contributed by atoms with Crippen LogP contribution in [0, 0.1) is 0 Å². The third kappa shape index (κ3) is 6.54. The Bertz CT molecular complexity index is 901. The Morgan fingerprint density at radius 1 is 1.17 bits per heavy atom. The molecule has 0 fully saturated rings. The Hall–Kier alpha value is -3.50. The van der Waals surface area contributed by atoms with E-state index in [0.29, 0.717) is 5.82 Å². The third-order valence-electron chi connectivity index (χ3n) is 3.80. The highest BCUT2D eigenvalue weighted by atomic mass is 19.3. The zero-order valence-corrected chi connectivity index (χ0v) is 16.6. The Morgan fingerprint density at radius 2 is 1.90 bits per heavy atom. The Kier molecular flexibility index (Phi) is 7.84. The number of esters is 1. The first-order valence-electron chi connectivity index (χ1n) is 9.04. The summed E-state index contributed by atoms with van der Waals surface area (Å²) in [7, 11) is 0. The molecule has 1 heterocycles. The van der Waals surface area contributed by atoms with Crippen LogP contribution in [-0.2, 0) is 14.3 Å². The average molecular weight is 424 g/mol. The summed E-state index contributed by atoms with van der Waals surface area (Å²) in [6, 6.07) is 6.74. The summed E-state index contributed by atoms with van der Waals surface area (Å²) in [5, 5.41) is 8.99. The smallest absolute Gasteiger partial charge is 0.387 e. The number of aromatic nitrogens is 2. The van der Waals surface area contributed by atoms with Gasteiger partial charge < -0.3 is 20.1 Å². The summed E-state index contributed by atoms with van der Waals surface area (Å²) in [5.74, 6) is -1.83. The lowest BCUT2D eigenvalue weighted by Crippen LogP contribution is -2.36. The molecule has 162 valence electrons. The lowest BCUT2D eigenvalue weighted by Gasteiger charge is -2.16. The van der Waals surface area contributed by atoms with Gasteiger partial charge in [-0.2, -0.15) is 13.9 Å². The fourth-order valence-corrected chi connectivity index (χ4v) is 2.41. The van der Waals surface area contributed by atoms with Crippen LogP contribution in [0.25, 0.3) is 0 Å². The highest BCUT2D eigenvalue weighted by Crippen LogP contribution is 2.16. The van der Waals surface area contributed by atoms with Gasteiger partial charge in [0.1, 0.15) is 18.1 Å². The van der Waals surface area contributed by atoms with Gasteiger partial charge in [-0.15, -0.1) is 0 Å². The highest BCUT2D eigenvalue weighted by Gasteiger charge is 2.20. The summed E-state index contributed by atoms with van der Waals surface area (Å²) in [4.78, 5) is 36.2. The van der Waals surface area contributed by atoms with Crippen LogP contribution in [0.15, 0.2) is 36.5 Å². The van der Waals surface area contributed by atoms with E-state index in [9.17, 15) is 23.2 Å². The molecule has 0 saturated heterocycles. The molecule has 0 bridgehead atoms. The van der Waals surface area contributed by atoms with E-state index in [2.05, 4.69) is 20.5 Å². The fourth-order valence-electron chi connectivity index (χ4n) is 2.41. The van der Waals surface area contributed by atoms with Gasteiger partial charge in [0.05, 0.1) is 6.20 Å². The van der Waals surface area contributed by atoms with Crippen molar-refractivity contribution in [2.75, 3.05) is 11.9 Å². The Labute approximate surface area is 171 Å². The molecule has 0 aliphatic rings. The minimum absolute atomic E-state index is 0.0213. The number of anilines is 1. The van der Waals surface area contributed by atoms with Crippen LogP contribution in [-0.4, -0.2) is 46.8 Å². The molecular formula is C19H22F2N4O5. The number of halogens is 2. The largest absolute Gasteiger partial charge is 0.451 e. The van der Waals surface area contributed by atoms with E-state index in [1.165, 1.54) is 31.3 Å². The molecule has 9 nitrogen and oxygen atoms in total. The molecule has 0 saturated carbocycles. The van der Waals surface area contributed by atoms with Gasteiger partial charge in [-0.25, -0.2) is 4.68 Å². The van der Waals surface area contributed by atoms with Crippen LogP contribution in [0.1, 0.15) is 37.2 Å². The van der Waals surface area contributed by atoms with Crippen molar-refractivity contribution >= 4 is 23.6 Å². The minimum atomic E-state index is -3.02. The molecule has 0 spiro atoms. The summed E-state index contributed by atoms with van der Waals surface area (Å²) in [6.45, 7) is 1.63. The third-order valence-corrected chi connectivity index (χ3v) is 3.80. The first kappa shape index (κ1) is 22.8. The molecule has 1 unspecified atom stereocenters. The lowest BCUT2D eigenvalue weighted by molar-refractivity contribution is -0.152. The van der Waals surface area contributed by atoms with E-state index in [1.807, 2.05) is 13.8 Å². The predicted molar refractivity (Wildman–Crippen MR) is 102 cm³/mol.